The van der Waals surface area contributed by atoms with Crippen LogP contribution in [0.5, 0.6) is 0 Å². The van der Waals surface area contributed by atoms with Gasteiger partial charge in [0.25, 0.3) is 0 Å². The average Bonchev–Trinajstić information content (AvgIpc) is 3.88. The first kappa shape index (κ1) is 26.8. The lowest BCUT2D eigenvalue weighted by atomic mass is 10.0. The number of fused-ring (bicyclic) bond motifs is 2. The van der Waals surface area contributed by atoms with Gasteiger partial charge in [-0.3, -0.25) is 13.7 Å². The Balaban J connectivity index is 1.41. The van der Waals surface area contributed by atoms with Crippen LogP contribution in [-0.4, -0.2) is 28.7 Å². The van der Waals surface area contributed by atoms with Gasteiger partial charge in [-0.25, -0.2) is 15.0 Å². The van der Waals surface area contributed by atoms with E-state index in [1.807, 2.05) is 54.9 Å². The molecule has 0 saturated heterocycles. The van der Waals surface area contributed by atoms with E-state index in [2.05, 4.69) is 129 Å². The first-order valence-corrected chi connectivity index (χ1v) is 15.6. The van der Waals surface area contributed by atoms with Gasteiger partial charge < -0.3 is 0 Å². The fourth-order valence-corrected chi connectivity index (χ4v) is 6.54. The molecule has 0 N–H and O–H groups in total. The van der Waals surface area contributed by atoms with Gasteiger partial charge in [0, 0.05) is 40.5 Å². The molecule has 6 aromatic carbocycles. The topological polar surface area (TPSA) is 53.5 Å². The highest BCUT2D eigenvalue weighted by atomic mass is 15.1. The maximum Gasteiger partial charge on any atom is 0.147 e. The molecule has 47 heavy (non-hydrogen) atoms. The van der Waals surface area contributed by atoms with Gasteiger partial charge >= 0.3 is 0 Å². The van der Waals surface area contributed by atoms with E-state index in [9.17, 15) is 0 Å². The van der Waals surface area contributed by atoms with E-state index in [0.29, 0.717) is 0 Å². The smallest absolute Gasteiger partial charge is 0.147 e. The molecule has 0 aliphatic heterocycles. The molecule has 0 aliphatic rings. The molecule has 0 fully saturated rings. The van der Waals surface area contributed by atoms with Crippen molar-refractivity contribution < 1.29 is 0 Å². The van der Waals surface area contributed by atoms with E-state index in [0.717, 1.165) is 73.3 Å². The number of hydrogen-bond acceptors (Lipinski definition) is 3. The Morgan fingerprint density at radius 2 is 0.872 bits per heavy atom. The minimum absolute atomic E-state index is 0.837. The summed E-state index contributed by atoms with van der Waals surface area (Å²) in [6, 6.07) is 54.2. The minimum Gasteiger partial charge on any atom is -0.298 e. The van der Waals surface area contributed by atoms with Crippen LogP contribution in [0.25, 0.3) is 73.3 Å². The summed E-state index contributed by atoms with van der Waals surface area (Å²) in [7, 11) is 0. The second-order valence-corrected chi connectivity index (χ2v) is 11.4. The number of aromatic nitrogens is 6. The summed E-state index contributed by atoms with van der Waals surface area (Å²) in [4.78, 5) is 15.5. The highest BCUT2D eigenvalue weighted by Gasteiger charge is 2.25. The molecule has 9 rings (SSSR count). The molecule has 0 saturated carbocycles. The zero-order valence-electron chi connectivity index (χ0n) is 25.3. The first-order valence-electron chi connectivity index (χ1n) is 15.6. The van der Waals surface area contributed by atoms with Crippen LogP contribution >= 0.6 is 0 Å². The Morgan fingerprint density at radius 3 is 1.40 bits per heavy atom. The van der Waals surface area contributed by atoms with E-state index in [1.54, 1.807) is 0 Å². The summed E-state index contributed by atoms with van der Waals surface area (Å²) in [5.74, 6) is 2.51. The molecule has 6 nitrogen and oxygen atoms in total. The Kier molecular flexibility index (Phi) is 6.35. The minimum atomic E-state index is 0.837. The van der Waals surface area contributed by atoms with Crippen molar-refractivity contribution in [3.8, 4) is 51.2 Å². The fourth-order valence-electron chi connectivity index (χ4n) is 6.54. The third-order valence-corrected chi connectivity index (χ3v) is 8.58. The van der Waals surface area contributed by atoms with Gasteiger partial charge in [0.2, 0.25) is 0 Å². The van der Waals surface area contributed by atoms with Crippen LogP contribution < -0.4 is 0 Å². The standard InChI is InChI=1S/C41H28N6/c1-4-15-29(16-5-1)39-42-27-28-45(39)38-32(40-43-34-23-10-12-25-36(34)46(40)30-17-6-2-7-18-30)21-14-22-33(38)41-44-35-24-11-13-26-37(35)47(41)31-19-8-3-9-20-31/h1-28H. The largest absolute Gasteiger partial charge is 0.298 e. The zero-order chi connectivity index (χ0) is 31.2. The summed E-state index contributed by atoms with van der Waals surface area (Å²) in [6.07, 6.45) is 3.90. The Morgan fingerprint density at radius 1 is 0.404 bits per heavy atom. The number of imidazole rings is 3. The van der Waals surface area contributed by atoms with Gasteiger partial charge in [-0.15, -0.1) is 0 Å². The summed E-state index contributed by atoms with van der Waals surface area (Å²) >= 11 is 0. The van der Waals surface area contributed by atoms with Crippen LogP contribution in [0, 0.1) is 0 Å². The number of nitrogens with zero attached hydrogens (tertiary/aromatic N) is 6. The van der Waals surface area contributed by atoms with Gasteiger partial charge in [-0.05, 0) is 60.7 Å². The molecule has 222 valence electrons. The van der Waals surface area contributed by atoms with Crippen molar-refractivity contribution in [2.24, 2.45) is 0 Å². The quantitative estimate of drug-likeness (QED) is 0.190. The van der Waals surface area contributed by atoms with Crippen molar-refractivity contribution in [3.05, 3.63) is 170 Å². The van der Waals surface area contributed by atoms with Crippen LogP contribution in [0.3, 0.4) is 0 Å². The molecule has 6 heteroatoms. The maximum atomic E-state index is 5.29. The number of benzene rings is 6. The van der Waals surface area contributed by atoms with Gasteiger partial charge in [-0.1, -0.05) is 97.1 Å². The van der Waals surface area contributed by atoms with Crippen molar-refractivity contribution in [3.63, 3.8) is 0 Å². The maximum absolute atomic E-state index is 5.29. The predicted octanol–water partition coefficient (Wildman–Crippen LogP) is 9.55. The molecular weight excluding hydrogens is 576 g/mol. The molecule has 0 spiro atoms. The van der Waals surface area contributed by atoms with Crippen LogP contribution in [0.4, 0.5) is 0 Å². The molecular formula is C41H28N6. The van der Waals surface area contributed by atoms with Crippen LogP contribution in [0.2, 0.25) is 0 Å². The summed E-state index contributed by atoms with van der Waals surface area (Å²) in [5, 5.41) is 0. The molecule has 3 aromatic heterocycles. The van der Waals surface area contributed by atoms with Crippen molar-refractivity contribution in [2.75, 3.05) is 0 Å². The van der Waals surface area contributed by atoms with Crippen LogP contribution in [0.15, 0.2) is 170 Å². The number of hydrogen-bond donors (Lipinski definition) is 0. The fraction of sp³-hybridized carbons (Fsp3) is 0. The Labute approximate surface area is 271 Å². The highest BCUT2D eigenvalue weighted by Crippen LogP contribution is 2.40. The zero-order valence-corrected chi connectivity index (χ0v) is 25.3. The van der Waals surface area contributed by atoms with Crippen molar-refractivity contribution >= 4 is 22.1 Å². The molecule has 0 atom stereocenters. The van der Waals surface area contributed by atoms with E-state index in [4.69, 9.17) is 15.0 Å². The van der Waals surface area contributed by atoms with Gasteiger partial charge in [-0.2, -0.15) is 0 Å². The van der Waals surface area contributed by atoms with Gasteiger partial charge in [0.1, 0.15) is 17.5 Å². The number of para-hydroxylation sites is 7. The van der Waals surface area contributed by atoms with E-state index < -0.39 is 0 Å². The van der Waals surface area contributed by atoms with Crippen LogP contribution in [-0.2, 0) is 0 Å². The Hall–Kier alpha value is -6.53. The average molecular weight is 605 g/mol. The monoisotopic (exact) mass is 604 g/mol. The molecule has 3 heterocycles. The lowest BCUT2D eigenvalue weighted by Crippen LogP contribution is -2.07. The summed E-state index contributed by atoms with van der Waals surface area (Å²) in [6.45, 7) is 0. The van der Waals surface area contributed by atoms with Crippen molar-refractivity contribution in [1.82, 2.24) is 28.7 Å². The Bertz CT molecular complexity index is 2370. The van der Waals surface area contributed by atoms with Crippen molar-refractivity contribution in [2.45, 2.75) is 0 Å². The van der Waals surface area contributed by atoms with E-state index in [-0.39, 0.29) is 0 Å². The molecule has 0 radical (unpaired) electrons. The lowest BCUT2D eigenvalue weighted by Gasteiger charge is -2.19. The van der Waals surface area contributed by atoms with Gasteiger partial charge in [0.15, 0.2) is 0 Å². The molecule has 9 aromatic rings. The molecule has 0 aliphatic carbocycles. The lowest BCUT2D eigenvalue weighted by molar-refractivity contribution is 1.03. The molecule has 0 bridgehead atoms. The second-order valence-electron chi connectivity index (χ2n) is 11.4. The summed E-state index contributed by atoms with van der Waals surface area (Å²) < 4.78 is 6.68. The first-order chi connectivity index (χ1) is 23.3. The molecule has 0 unspecified atom stereocenters. The van der Waals surface area contributed by atoms with Crippen LogP contribution in [0.1, 0.15) is 0 Å². The number of rotatable bonds is 6. The van der Waals surface area contributed by atoms with E-state index >= 15 is 0 Å². The third kappa shape index (κ3) is 4.46. The molecule has 0 amide bonds. The third-order valence-electron chi connectivity index (χ3n) is 8.58. The summed E-state index contributed by atoms with van der Waals surface area (Å²) in [5.41, 5.74) is 9.90. The SMILES string of the molecule is c1ccc(-c2nccn2-c2c(-c3nc4ccccc4n3-c3ccccc3)cccc2-c2nc3ccccc3n2-c2ccccc2)cc1. The predicted molar refractivity (Wildman–Crippen MR) is 189 cm³/mol. The van der Waals surface area contributed by atoms with Gasteiger partial charge in [0.05, 0.1) is 27.8 Å². The van der Waals surface area contributed by atoms with E-state index in [1.165, 1.54) is 0 Å². The van der Waals surface area contributed by atoms with Crippen molar-refractivity contribution in [1.29, 1.82) is 0 Å². The second kappa shape index (κ2) is 11.1. The normalized spacial score (nSPS) is 11.4. The highest BCUT2D eigenvalue weighted by molar-refractivity contribution is 5.91.